The van der Waals surface area contributed by atoms with Crippen LogP contribution in [0.3, 0.4) is 0 Å². The summed E-state index contributed by atoms with van der Waals surface area (Å²) in [6.07, 6.45) is 0. The van der Waals surface area contributed by atoms with E-state index < -0.39 is 0 Å². The van der Waals surface area contributed by atoms with Crippen LogP contribution in [0.15, 0.2) is 0 Å². The zero-order chi connectivity index (χ0) is 6.04. The monoisotopic (exact) mass is 166 g/mol. The molecule has 48 valence electrons. The van der Waals surface area contributed by atoms with E-state index in [0.29, 0.717) is 5.41 Å². The summed E-state index contributed by atoms with van der Waals surface area (Å²) in [6.45, 7) is 2.30. The molecule has 3 heteroatoms. The Labute approximate surface area is 64.0 Å². The van der Waals surface area contributed by atoms with E-state index in [1.165, 1.54) is 11.5 Å². The lowest BCUT2D eigenvalue weighted by Crippen LogP contribution is -2.19. The van der Waals surface area contributed by atoms with Crippen LogP contribution in [0.2, 0.25) is 0 Å². The van der Waals surface area contributed by atoms with Crippen molar-refractivity contribution >= 4 is 34.2 Å². The number of hydrogen-bond acceptors (Lipinski definition) is 3. The Hall–Kier alpha value is 1.05. The fourth-order valence-corrected chi connectivity index (χ4v) is 4.51. The van der Waals surface area contributed by atoms with E-state index in [1.54, 1.807) is 0 Å². The Morgan fingerprint density at radius 3 is 2.25 bits per heavy atom. The van der Waals surface area contributed by atoms with Gasteiger partial charge in [-0.1, -0.05) is 28.5 Å². The first-order chi connectivity index (χ1) is 3.77. The largest absolute Gasteiger partial charge is 0.179 e. The van der Waals surface area contributed by atoms with Gasteiger partial charge in [0.1, 0.15) is 0 Å². The molecular formula is C5H10S3. The summed E-state index contributed by atoms with van der Waals surface area (Å²) in [7, 11) is 3.95. The van der Waals surface area contributed by atoms with E-state index in [0.717, 1.165) is 5.75 Å². The molecule has 0 saturated carbocycles. The highest BCUT2D eigenvalue weighted by molar-refractivity contribution is 8.77. The molecule has 0 atom stereocenters. The smallest absolute Gasteiger partial charge is 0.0107 e. The van der Waals surface area contributed by atoms with Gasteiger partial charge in [-0.2, -0.15) is 12.6 Å². The summed E-state index contributed by atoms with van der Waals surface area (Å²) < 4.78 is 0. The van der Waals surface area contributed by atoms with Gasteiger partial charge in [-0.25, -0.2) is 0 Å². The second kappa shape index (κ2) is 2.76. The van der Waals surface area contributed by atoms with Gasteiger partial charge in [0.25, 0.3) is 0 Å². The van der Waals surface area contributed by atoms with Gasteiger partial charge in [0.05, 0.1) is 0 Å². The van der Waals surface area contributed by atoms with Crippen LogP contribution in [0.25, 0.3) is 0 Å². The number of rotatable bonds is 1. The topological polar surface area (TPSA) is 0 Å². The second-order valence-corrected chi connectivity index (χ2v) is 5.27. The van der Waals surface area contributed by atoms with Crippen molar-refractivity contribution in [2.75, 3.05) is 17.3 Å². The number of thiol groups is 1. The van der Waals surface area contributed by atoms with E-state index >= 15 is 0 Å². The zero-order valence-corrected chi connectivity index (χ0v) is 7.41. The zero-order valence-electron chi connectivity index (χ0n) is 4.89. The molecule has 1 aliphatic rings. The highest BCUT2D eigenvalue weighted by Gasteiger charge is 2.27. The lowest BCUT2D eigenvalue weighted by Gasteiger charge is -2.16. The normalized spacial score (nSPS) is 26.2. The minimum atomic E-state index is 0.526. The fourth-order valence-electron chi connectivity index (χ4n) is 0.501. The fraction of sp³-hybridized carbons (Fsp3) is 1.00. The van der Waals surface area contributed by atoms with Crippen LogP contribution in [0.4, 0.5) is 0 Å². The molecule has 0 aromatic heterocycles. The standard InChI is InChI=1S/C5H10S3/c1-5(2-6)3-7-8-4-5/h6H,2-4H2,1H3. The van der Waals surface area contributed by atoms with Crippen molar-refractivity contribution in [2.24, 2.45) is 5.41 Å². The van der Waals surface area contributed by atoms with Gasteiger partial charge in [0.15, 0.2) is 0 Å². The van der Waals surface area contributed by atoms with Gasteiger partial charge in [0.2, 0.25) is 0 Å². The predicted octanol–water partition coefficient (Wildman–Crippen LogP) is 2.32. The summed E-state index contributed by atoms with van der Waals surface area (Å²) in [5, 5.41) is 0. The Morgan fingerprint density at radius 2 is 2.00 bits per heavy atom. The maximum atomic E-state index is 4.27. The van der Waals surface area contributed by atoms with Crippen molar-refractivity contribution in [3.05, 3.63) is 0 Å². The molecule has 1 aliphatic heterocycles. The molecular weight excluding hydrogens is 156 g/mol. The molecule has 0 aromatic rings. The van der Waals surface area contributed by atoms with Gasteiger partial charge in [-0.3, -0.25) is 0 Å². The third kappa shape index (κ3) is 1.52. The van der Waals surface area contributed by atoms with Gasteiger partial charge >= 0.3 is 0 Å². The van der Waals surface area contributed by atoms with E-state index in [-0.39, 0.29) is 0 Å². The molecule has 0 unspecified atom stereocenters. The van der Waals surface area contributed by atoms with E-state index in [1.807, 2.05) is 21.6 Å². The minimum Gasteiger partial charge on any atom is -0.179 e. The summed E-state index contributed by atoms with van der Waals surface area (Å²) in [5.41, 5.74) is 0.526. The van der Waals surface area contributed by atoms with Gasteiger partial charge < -0.3 is 0 Å². The Balaban J connectivity index is 2.40. The molecule has 1 fully saturated rings. The van der Waals surface area contributed by atoms with Crippen molar-refractivity contribution < 1.29 is 0 Å². The molecule has 1 saturated heterocycles. The molecule has 0 aromatic carbocycles. The molecule has 1 heterocycles. The molecule has 0 nitrogen and oxygen atoms in total. The molecule has 0 amide bonds. The van der Waals surface area contributed by atoms with Crippen LogP contribution < -0.4 is 0 Å². The maximum absolute atomic E-state index is 4.27. The highest BCUT2D eigenvalue weighted by Crippen LogP contribution is 2.43. The van der Waals surface area contributed by atoms with Crippen LogP contribution in [0.1, 0.15) is 6.92 Å². The van der Waals surface area contributed by atoms with Gasteiger partial charge in [-0.05, 0) is 11.2 Å². The Morgan fingerprint density at radius 1 is 1.50 bits per heavy atom. The summed E-state index contributed by atoms with van der Waals surface area (Å²) in [4.78, 5) is 0. The van der Waals surface area contributed by atoms with E-state index in [4.69, 9.17) is 0 Å². The van der Waals surface area contributed by atoms with Crippen molar-refractivity contribution in [1.29, 1.82) is 0 Å². The van der Waals surface area contributed by atoms with Gasteiger partial charge in [-0.15, -0.1) is 0 Å². The molecule has 0 radical (unpaired) electrons. The Bertz CT molecular complexity index is 75.7. The van der Waals surface area contributed by atoms with Crippen molar-refractivity contribution in [1.82, 2.24) is 0 Å². The SMILES string of the molecule is CC1(CS)CSSC1. The molecule has 0 N–H and O–H groups in total. The molecule has 0 bridgehead atoms. The molecule has 0 spiro atoms. The molecule has 8 heavy (non-hydrogen) atoms. The predicted molar refractivity (Wildman–Crippen MR) is 46.9 cm³/mol. The van der Waals surface area contributed by atoms with Crippen LogP contribution in [-0.4, -0.2) is 17.3 Å². The van der Waals surface area contributed by atoms with Crippen LogP contribution in [0.5, 0.6) is 0 Å². The number of hydrogen-bond donors (Lipinski definition) is 1. The van der Waals surface area contributed by atoms with E-state index in [9.17, 15) is 0 Å². The second-order valence-electron chi connectivity index (χ2n) is 2.49. The molecule has 1 rings (SSSR count). The third-order valence-electron chi connectivity index (χ3n) is 1.28. The highest BCUT2D eigenvalue weighted by atomic mass is 33.1. The van der Waals surface area contributed by atoms with Crippen LogP contribution in [-0.2, 0) is 0 Å². The quantitative estimate of drug-likeness (QED) is 0.469. The van der Waals surface area contributed by atoms with E-state index in [2.05, 4.69) is 19.6 Å². The average Bonchev–Trinajstić information content (AvgIpc) is 2.17. The Kier molecular flexibility index (Phi) is 2.47. The minimum absolute atomic E-state index is 0.526. The van der Waals surface area contributed by atoms with Gasteiger partial charge in [0, 0.05) is 11.5 Å². The summed E-state index contributed by atoms with van der Waals surface area (Å²) >= 11 is 4.27. The maximum Gasteiger partial charge on any atom is 0.0107 e. The molecule has 0 aliphatic carbocycles. The summed E-state index contributed by atoms with van der Waals surface area (Å²) in [5.74, 6) is 3.59. The van der Waals surface area contributed by atoms with Crippen LogP contribution in [0, 0.1) is 5.41 Å². The van der Waals surface area contributed by atoms with Crippen LogP contribution >= 0.6 is 34.2 Å². The summed E-state index contributed by atoms with van der Waals surface area (Å²) in [6, 6.07) is 0. The van der Waals surface area contributed by atoms with Crippen molar-refractivity contribution in [3.63, 3.8) is 0 Å². The first kappa shape index (κ1) is 7.16. The van der Waals surface area contributed by atoms with Crippen molar-refractivity contribution in [3.8, 4) is 0 Å². The lowest BCUT2D eigenvalue weighted by atomic mass is 10.00. The first-order valence-electron chi connectivity index (χ1n) is 2.62. The third-order valence-corrected chi connectivity index (χ3v) is 5.05. The lowest BCUT2D eigenvalue weighted by molar-refractivity contribution is 0.512. The van der Waals surface area contributed by atoms with Crippen molar-refractivity contribution in [2.45, 2.75) is 6.92 Å². The average molecular weight is 166 g/mol. The first-order valence-corrected chi connectivity index (χ1v) is 5.74.